The Balaban J connectivity index is 0.000000720. The van der Waals surface area contributed by atoms with Crippen LogP contribution in [0.25, 0.3) is 6.08 Å². The Kier molecular flexibility index (Phi) is 4.43. The molecule has 0 spiro atoms. The van der Waals surface area contributed by atoms with Gasteiger partial charge < -0.3 is 11.0 Å². The highest BCUT2D eigenvalue weighted by atomic mass is 16.0. The van der Waals surface area contributed by atoms with Gasteiger partial charge in [0.05, 0.1) is 5.69 Å². The lowest BCUT2D eigenvalue weighted by Crippen LogP contribution is -1.87. The fourth-order valence-corrected chi connectivity index (χ4v) is 1.04. The van der Waals surface area contributed by atoms with Gasteiger partial charge in [-0.25, -0.2) is 0 Å². The van der Waals surface area contributed by atoms with Crippen molar-refractivity contribution in [2.45, 2.75) is 0 Å². The summed E-state index contributed by atoms with van der Waals surface area (Å²) in [7, 11) is 0. The average Bonchev–Trinajstić information content (AvgIpc) is 2.28. The molecular weight excluding hydrogens is 168 g/mol. The summed E-state index contributed by atoms with van der Waals surface area (Å²) in [4.78, 5) is 0. The van der Waals surface area contributed by atoms with E-state index in [1.165, 1.54) is 5.56 Å². The summed E-state index contributed by atoms with van der Waals surface area (Å²) in [5, 5.41) is 3.95. The van der Waals surface area contributed by atoms with Crippen molar-refractivity contribution in [3.8, 4) is 0 Å². The van der Waals surface area contributed by atoms with Gasteiger partial charge in [0.25, 0.3) is 0 Å². The van der Waals surface area contributed by atoms with Crippen LogP contribution in [-0.2, 0) is 0 Å². The number of hydrogen-bond donors (Lipinski definition) is 1. The number of anilines is 1. The van der Waals surface area contributed by atoms with E-state index in [-0.39, 0.29) is 11.0 Å². The quantitative estimate of drug-likeness (QED) is 0.617. The van der Waals surface area contributed by atoms with Crippen LogP contribution < -0.4 is 5.43 Å². The van der Waals surface area contributed by atoms with E-state index in [9.17, 15) is 0 Å². The molecule has 1 heterocycles. The maximum Gasteiger partial charge on any atom is 0.0634 e. The second kappa shape index (κ2) is 5.08. The van der Waals surface area contributed by atoms with Crippen LogP contribution in [0.2, 0.25) is 0 Å². The van der Waals surface area contributed by atoms with Gasteiger partial charge in [-0.05, 0) is 17.7 Å². The molecule has 0 amide bonds. The zero-order chi connectivity index (χ0) is 7.52. The molecule has 0 saturated carbocycles. The van der Waals surface area contributed by atoms with E-state index < -0.39 is 0 Å². The summed E-state index contributed by atoms with van der Waals surface area (Å²) in [6.07, 6.45) is 5.68. The standard InChI is InChI=1S/C9H8N2.2H2O/c1-2-6-9-8(4-1)5-3-7-10-11-9;;/h1-7,11H;2*1H2. The van der Waals surface area contributed by atoms with Gasteiger partial charge in [0.15, 0.2) is 0 Å². The highest BCUT2D eigenvalue weighted by Crippen LogP contribution is 2.17. The molecule has 0 radical (unpaired) electrons. The summed E-state index contributed by atoms with van der Waals surface area (Å²) in [6.45, 7) is 0. The minimum absolute atomic E-state index is 0. The summed E-state index contributed by atoms with van der Waals surface area (Å²) in [6, 6.07) is 8.05. The van der Waals surface area contributed by atoms with E-state index in [1.54, 1.807) is 6.21 Å². The van der Waals surface area contributed by atoms with Crippen LogP contribution in [0.5, 0.6) is 0 Å². The number of fused-ring (bicyclic) bond motifs is 1. The Morgan fingerprint density at radius 3 is 2.69 bits per heavy atom. The molecule has 1 aromatic rings. The van der Waals surface area contributed by atoms with Crippen LogP contribution in [0.1, 0.15) is 5.56 Å². The first kappa shape index (κ1) is 11.4. The number of nitrogens with zero attached hydrogens (tertiary/aromatic N) is 1. The molecule has 5 N–H and O–H groups in total. The van der Waals surface area contributed by atoms with Crippen LogP contribution in [0, 0.1) is 0 Å². The Bertz CT molecular complexity index is 321. The molecule has 70 valence electrons. The highest BCUT2D eigenvalue weighted by Gasteiger charge is 1.96. The highest BCUT2D eigenvalue weighted by molar-refractivity contribution is 5.83. The molecule has 0 atom stereocenters. The number of para-hydroxylation sites is 1. The van der Waals surface area contributed by atoms with E-state index in [0.717, 1.165) is 5.69 Å². The van der Waals surface area contributed by atoms with Gasteiger partial charge in [0.2, 0.25) is 0 Å². The van der Waals surface area contributed by atoms with Crippen LogP contribution in [0.4, 0.5) is 5.69 Å². The largest absolute Gasteiger partial charge is 0.412 e. The molecule has 0 aliphatic carbocycles. The fraction of sp³-hybridized carbons (Fsp3) is 0. The second-order valence-corrected chi connectivity index (χ2v) is 2.34. The Hall–Kier alpha value is -1.65. The molecule has 1 aromatic carbocycles. The van der Waals surface area contributed by atoms with Crippen LogP contribution in [0.15, 0.2) is 35.4 Å². The lowest BCUT2D eigenvalue weighted by atomic mass is 10.2. The first-order valence-corrected chi connectivity index (χ1v) is 3.51. The van der Waals surface area contributed by atoms with Gasteiger partial charge in [-0.3, -0.25) is 5.43 Å². The third-order valence-electron chi connectivity index (χ3n) is 1.58. The van der Waals surface area contributed by atoms with Crippen molar-refractivity contribution in [2.75, 3.05) is 5.43 Å². The predicted molar refractivity (Wildman–Crippen MR) is 54.8 cm³/mol. The van der Waals surface area contributed by atoms with E-state index in [2.05, 4.69) is 10.5 Å². The van der Waals surface area contributed by atoms with E-state index in [4.69, 9.17) is 0 Å². The molecule has 0 unspecified atom stereocenters. The number of nitrogens with one attached hydrogen (secondary N) is 1. The third kappa shape index (κ3) is 2.40. The number of hydrogen-bond acceptors (Lipinski definition) is 2. The first-order valence-electron chi connectivity index (χ1n) is 3.51. The monoisotopic (exact) mass is 180 g/mol. The smallest absolute Gasteiger partial charge is 0.0634 e. The van der Waals surface area contributed by atoms with Gasteiger partial charge in [-0.1, -0.05) is 24.3 Å². The normalized spacial score (nSPS) is 11.4. The molecule has 1 aliphatic rings. The van der Waals surface area contributed by atoms with E-state index in [0.29, 0.717) is 0 Å². The van der Waals surface area contributed by atoms with Crippen molar-refractivity contribution in [2.24, 2.45) is 5.10 Å². The molecule has 0 bridgehead atoms. The van der Waals surface area contributed by atoms with Crippen molar-refractivity contribution in [1.82, 2.24) is 0 Å². The molecule has 2 rings (SSSR count). The van der Waals surface area contributed by atoms with Gasteiger partial charge >= 0.3 is 0 Å². The van der Waals surface area contributed by atoms with Crippen molar-refractivity contribution in [3.63, 3.8) is 0 Å². The number of allylic oxidation sites excluding steroid dienone is 1. The molecule has 1 aliphatic heterocycles. The lowest BCUT2D eigenvalue weighted by Gasteiger charge is -2.00. The van der Waals surface area contributed by atoms with Crippen LogP contribution in [-0.4, -0.2) is 17.2 Å². The maximum atomic E-state index is 3.95. The second-order valence-electron chi connectivity index (χ2n) is 2.34. The van der Waals surface area contributed by atoms with Crippen molar-refractivity contribution in [3.05, 3.63) is 35.9 Å². The average molecular weight is 180 g/mol. The Labute approximate surface area is 76.2 Å². The molecule has 13 heavy (non-hydrogen) atoms. The molecule has 4 heteroatoms. The van der Waals surface area contributed by atoms with Crippen molar-refractivity contribution < 1.29 is 11.0 Å². The number of benzene rings is 1. The maximum absolute atomic E-state index is 3.95. The Morgan fingerprint density at radius 2 is 1.85 bits per heavy atom. The SMILES string of the molecule is C1=Cc2ccccc2NN=C1.O.O. The zero-order valence-electron chi connectivity index (χ0n) is 6.99. The summed E-state index contributed by atoms with van der Waals surface area (Å²) < 4.78 is 0. The van der Waals surface area contributed by atoms with Crippen LogP contribution in [0.3, 0.4) is 0 Å². The van der Waals surface area contributed by atoms with Crippen LogP contribution >= 0.6 is 0 Å². The van der Waals surface area contributed by atoms with Gasteiger partial charge in [-0.2, -0.15) is 5.10 Å². The molecular formula is C9H12N2O2. The minimum Gasteiger partial charge on any atom is -0.412 e. The lowest BCUT2D eigenvalue weighted by molar-refractivity contribution is 0.823. The molecule has 0 aromatic heterocycles. The fourth-order valence-electron chi connectivity index (χ4n) is 1.04. The minimum atomic E-state index is 0. The van der Waals surface area contributed by atoms with Gasteiger partial charge in [-0.15, -0.1) is 0 Å². The van der Waals surface area contributed by atoms with E-state index in [1.807, 2.05) is 36.4 Å². The van der Waals surface area contributed by atoms with Crippen molar-refractivity contribution >= 4 is 18.0 Å². The number of hydrazone groups is 1. The Morgan fingerprint density at radius 1 is 1.08 bits per heavy atom. The van der Waals surface area contributed by atoms with Crippen molar-refractivity contribution in [1.29, 1.82) is 0 Å². The number of rotatable bonds is 0. The summed E-state index contributed by atoms with van der Waals surface area (Å²) in [5.74, 6) is 0. The molecule has 0 fully saturated rings. The molecule has 0 saturated heterocycles. The van der Waals surface area contributed by atoms with Gasteiger partial charge in [0.1, 0.15) is 0 Å². The molecule has 4 nitrogen and oxygen atoms in total. The third-order valence-corrected chi connectivity index (χ3v) is 1.58. The summed E-state index contributed by atoms with van der Waals surface area (Å²) >= 11 is 0. The van der Waals surface area contributed by atoms with E-state index >= 15 is 0 Å². The zero-order valence-corrected chi connectivity index (χ0v) is 6.99. The van der Waals surface area contributed by atoms with Gasteiger partial charge in [0, 0.05) is 6.21 Å². The summed E-state index contributed by atoms with van der Waals surface area (Å²) in [5.41, 5.74) is 5.16. The topological polar surface area (TPSA) is 87.4 Å². The predicted octanol–water partition coefficient (Wildman–Crippen LogP) is 0.462. The first-order chi connectivity index (χ1) is 5.47.